The fourth-order valence-corrected chi connectivity index (χ4v) is 7.08. The van der Waals surface area contributed by atoms with Crippen molar-refractivity contribution in [2.45, 2.75) is 72.6 Å². The van der Waals surface area contributed by atoms with E-state index >= 15 is 0 Å². The zero-order chi connectivity index (χ0) is 33.3. The number of benzene rings is 1. The molecule has 1 N–H and O–H groups in total. The molecule has 5 rings (SSSR count). The van der Waals surface area contributed by atoms with Gasteiger partial charge in [0.25, 0.3) is 5.91 Å². The molecule has 0 bridgehead atoms. The van der Waals surface area contributed by atoms with E-state index in [0.717, 1.165) is 82.5 Å². The summed E-state index contributed by atoms with van der Waals surface area (Å²) < 4.78 is 0. The lowest BCUT2D eigenvalue weighted by molar-refractivity contribution is -0.112. The van der Waals surface area contributed by atoms with E-state index in [-0.39, 0.29) is 23.4 Å². The first-order valence-electron chi connectivity index (χ1n) is 17.8. The zero-order valence-corrected chi connectivity index (χ0v) is 28.7. The minimum absolute atomic E-state index is 0.00553. The Bertz CT molecular complexity index is 1540. The highest BCUT2D eigenvalue weighted by Crippen LogP contribution is 2.47. The SMILES string of the molecule is CCN(CC)CCCCC(=O)c1cc(NC(=O)C2=CC3=CC=C4C=CCC5=C4C3C(=C2)C=C5)cc(C(=O)CCCCN(CC)CC)c1. The predicted molar refractivity (Wildman–Crippen MR) is 193 cm³/mol. The van der Waals surface area contributed by atoms with Crippen LogP contribution in [0.25, 0.3) is 0 Å². The van der Waals surface area contributed by atoms with Crippen LogP contribution in [0, 0.1) is 5.92 Å². The molecule has 47 heavy (non-hydrogen) atoms. The number of hydrogen-bond donors (Lipinski definition) is 1. The van der Waals surface area contributed by atoms with Crippen molar-refractivity contribution in [3.63, 3.8) is 0 Å². The van der Waals surface area contributed by atoms with Gasteiger partial charge in [0, 0.05) is 41.1 Å². The summed E-state index contributed by atoms with van der Waals surface area (Å²) in [6.45, 7) is 14.6. The second-order valence-electron chi connectivity index (χ2n) is 12.9. The number of nitrogens with one attached hydrogen (secondary N) is 1. The van der Waals surface area contributed by atoms with Crippen molar-refractivity contribution in [3.05, 3.63) is 111 Å². The molecular weight excluding hydrogens is 582 g/mol. The average Bonchev–Trinajstić information content (AvgIpc) is 3.10. The van der Waals surface area contributed by atoms with Gasteiger partial charge in [-0.3, -0.25) is 14.4 Å². The van der Waals surface area contributed by atoms with Gasteiger partial charge >= 0.3 is 0 Å². The Labute approximate surface area is 281 Å². The van der Waals surface area contributed by atoms with E-state index in [0.29, 0.717) is 35.2 Å². The summed E-state index contributed by atoms with van der Waals surface area (Å²) >= 11 is 0. The minimum Gasteiger partial charge on any atom is -0.322 e. The minimum atomic E-state index is -0.246. The molecule has 0 spiro atoms. The summed E-state index contributed by atoms with van der Waals surface area (Å²) in [6.07, 6.45) is 22.1. The number of unbranched alkanes of at least 4 members (excludes halogenated alkanes) is 2. The highest BCUT2D eigenvalue weighted by molar-refractivity contribution is 6.09. The second-order valence-corrected chi connectivity index (χ2v) is 12.9. The Morgan fingerprint density at radius 3 is 1.94 bits per heavy atom. The Kier molecular flexibility index (Phi) is 12.0. The van der Waals surface area contributed by atoms with Crippen LogP contribution in [-0.2, 0) is 4.79 Å². The third-order valence-electron chi connectivity index (χ3n) is 9.97. The van der Waals surface area contributed by atoms with E-state index in [1.165, 1.54) is 16.7 Å². The van der Waals surface area contributed by atoms with Crippen molar-refractivity contribution in [1.82, 2.24) is 9.80 Å². The van der Waals surface area contributed by atoms with Crippen LogP contribution in [0.2, 0.25) is 0 Å². The monoisotopic (exact) mass is 633 g/mol. The molecular formula is C41H51N3O3. The molecule has 6 nitrogen and oxygen atoms in total. The largest absolute Gasteiger partial charge is 0.322 e. The molecule has 1 aromatic rings. The number of amides is 1. The van der Waals surface area contributed by atoms with Crippen molar-refractivity contribution in [2.75, 3.05) is 44.6 Å². The van der Waals surface area contributed by atoms with Gasteiger partial charge in [0.15, 0.2) is 11.6 Å². The van der Waals surface area contributed by atoms with Crippen LogP contribution >= 0.6 is 0 Å². The number of rotatable bonds is 18. The standard InChI is InChI=1S/C41H51N3O3/c1-5-43(6-2)22-11-9-16-37(45)33-26-34(38(46)17-10-12-23-44(7-3)8-4)28-36(27-33)42-41(47)35-24-31-20-18-29-14-13-15-30-19-21-32(25-35)40(31)39(29)30/h13-14,18-21,24-28,40H,5-12,15-17,22-23H2,1-4H3,(H,42,47). The van der Waals surface area contributed by atoms with Gasteiger partial charge in [-0.1, -0.05) is 64.2 Å². The number of anilines is 1. The van der Waals surface area contributed by atoms with Crippen LogP contribution < -0.4 is 5.32 Å². The van der Waals surface area contributed by atoms with Gasteiger partial charge in [0.2, 0.25) is 0 Å². The Hall–Kier alpha value is -3.87. The molecule has 4 aliphatic rings. The zero-order valence-electron chi connectivity index (χ0n) is 28.7. The number of allylic oxidation sites excluding steroid dienone is 12. The molecule has 0 heterocycles. The van der Waals surface area contributed by atoms with Crippen molar-refractivity contribution in [1.29, 1.82) is 0 Å². The second kappa shape index (κ2) is 16.3. The maximum Gasteiger partial charge on any atom is 0.255 e. The van der Waals surface area contributed by atoms with E-state index in [1.807, 2.05) is 12.2 Å². The summed E-state index contributed by atoms with van der Waals surface area (Å²) in [4.78, 5) is 45.3. The maximum absolute atomic E-state index is 13.7. The number of carbonyl (C=O) groups is 3. The molecule has 0 aromatic heterocycles. The fraction of sp³-hybridized carbons (Fsp3) is 0.439. The number of carbonyl (C=O) groups excluding carboxylic acids is 3. The Morgan fingerprint density at radius 1 is 0.723 bits per heavy atom. The summed E-state index contributed by atoms with van der Waals surface area (Å²) in [5.74, 6) is -0.0770. The topological polar surface area (TPSA) is 69.7 Å². The summed E-state index contributed by atoms with van der Waals surface area (Å²) in [5.41, 5.74) is 8.18. The molecule has 1 unspecified atom stereocenters. The van der Waals surface area contributed by atoms with Crippen molar-refractivity contribution in [3.8, 4) is 0 Å². The predicted octanol–water partition coefficient (Wildman–Crippen LogP) is 8.19. The first kappa shape index (κ1) is 34.5. The molecule has 0 radical (unpaired) electrons. The smallest absolute Gasteiger partial charge is 0.255 e. The number of Topliss-reactive ketones (excluding diaryl/α,β-unsaturated/α-hetero) is 2. The van der Waals surface area contributed by atoms with Gasteiger partial charge in [0.05, 0.1) is 0 Å². The third kappa shape index (κ3) is 8.35. The summed E-state index contributed by atoms with van der Waals surface area (Å²) in [5, 5.41) is 3.05. The van der Waals surface area contributed by atoms with Crippen LogP contribution in [0.3, 0.4) is 0 Å². The van der Waals surface area contributed by atoms with E-state index < -0.39 is 0 Å². The molecule has 1 atom stereocenters. The number of ketones is 2. The lowest BCUT2D eigenvalue weighted by atomic mass is 9.68. The van der Waals surface area contributed by atoms with Crippen LogP contribution in [-0.4, -0.2) is 66.5 Å². The van der Waals surface area contributed by atoms with Gasteiger partial charge in [0.1, 0.15) is 0 Å². The lowest BCUT2D eigenvalue weighted by Crippen LogP contribution is -2.24. The van der Waals surface area contributed by atoms with E-state index in [2.05, 4.69) is 79.3 Å². The highest BCUT2D eigenvalue weighted by atomic mass is 16.2. The van der Waals surface area contributed by atoms with E-state index in [1.54, 1.807) is 18.2 Å². The molecule has 0 aliphatic heterocycles. The van der Waals surface area contributed by atoms with Crippen LogP contribution in [0.15, 0.2) is 100 Å². The molecule has 0 saturated carbocycles. The van der Waals surface area contributed by atoms with Crippen LogP contribution in [0.5, 0.6) is 0 Å². The van der Waals surface area contributed by atoms with Crippen molar-refractivity contribution in [2.24, 2.45) is 5.92 Å². The molecule has 0 saturated heterocycles. The lowest BCUT2D eigenvalue weighted by Gasteiger charge is -2.35. The van der Waals surface area contributed by atoms with Crippen LogP contribution in [0.4, 0.5) is 5.69 Å². The number of nitrogens with zero attached hydrogens (tertiary/aromatic N) is 2. The first-order chi connectivity index (χ1) is 22.8. The van der Waals surface area contributed by atoms with E-state index in [9.17, 15) is 14.4 Å². The molecule has 6 heteroatoms. The summed E-state index contributed by atoms with van der Waals surface area (Å²) in [7, 11) is 0. The average molecular weight is 634 g/mol. The van der Waals surface area contributed by atoms with Crippen molar-refractivity contribution >= 4 is 23.2 Å². The molecule has 1 amide bonds. The Balaban J connectivity index is 1.32. The fourth-order valence-electron chi connectivity index (χ4n) is 7.08. The Morgan fingerprint density at radius 2 is 1.34 bits per heavy atom. The summed E-state index contributed by atoms with van der Waals surface area (Å²) in [6, 6.07) is 5.21. The van der Waals surface area contributed by atoms with Gasteiger partial charge in [-0.25, -0.2) is 0 Å². The maximum atomic E-state index is 13.7. The van der Waals surface area contributed by atoms with Crippen LogP contribution in [0.1, 0.15) is 93.4 Å². The third-order valence-corrected chi connectivity index (χ3v) is 9.97. The molecule has 248 valence electrons. The molecule has 4 aliphatic carbocycles. The van der Waals surface area contributed by atoms with E-state index in [4.69, 9.17) is 0 Å². The first-order valence-corrected chi connectivity index (χ1v) is 17.8. The van der Waals surface area contributed by atoms with Crippen molar-refractivity contribution < 1.29 is 14.4 Å². The van der Waals surface area contributed by atoms with Gasteiger partial charge < -0.3 is 15.1 Å². The van der Waals surface area contributed by atoms with Gasteiger partial charge in [-0.2, -0.15) is 0 Å². The normalized spacial score (nSPS) is 17.7. The quantitative estimate of drug-likeness (QED) is 0.130. The molecule has 0 fully saturated rings. The molecule has 1 aromatic carbocycles. The number of hydrogen-bond acceptors (Lipinski definition) is 5. The van der Waals surface area contributed by atoms with Gasteiger partial charge in [-0.15, -0.1) is 0 Å². The highest BCUT2D eigenvalue weighted by Gasteiger charge is 2.34. The van der Waals surface area contributed by atoms with Gasteiger partial charge in [-0.05, 0) is 130 Å².